The van der Waals surface area contributed by atoms with Crippen molar-refractivity contribution in [3.8, 4) is 0 Å². The van der Waals surface area contributed by atoms with Crippen LogP contribution in [-0.2, 0) is 6.42 Å². The third kappa shape index (κ3) is 3.21. The Morgan fingerprint density at radius 1 is 1.53 bits per heavy atom. The molecule has 0 heterocycles. The van der Waals surface area contributed by atoms with Crippen LogP contribution in [0.15, 0.2) is 18.2 Å². The maximum absolute atomic E-state index is 10.7. The van der Waals surface area contributed by atoms with Gasteiger partial charge in [0.2, 0.25) is 6.54 Å². The Morgan fingerprint density at radius 2 is 2.20 bits per heavy atom. The summed E-state index contributed by atoms with van der Waals surface area (Å²) in [6.45, 7) is -0.222. The number of carbonyl (C=O) groups is 1. The Labute approximate surface area is 90.4 Å². The molecule has 0 fully saturated rings. The molecular formula is C9H8ClNO4. The van der Waals surface area contributed by atoms with Gasteiger partial charge in [-0.15, -0.1) is 0 Å². The second kappa shape index (κ2) is 4.75. The zero-order valence-electron chi connectivity index (χ0n) is 7.64. The van der Waals surface area contributed by atoms with Gasteiger partial charge >= 0.3 is 5.97 Å². The maximum Gasteiger partial charge on any atom is 0.337 e. The molecule has 0 radical (unpaired) electrons. The third-order valence-corrected chi connectivity index (χ3v) is 2.17. The van der Waals surface area contributed by atoms with E-state index < -0.39 is 10.9 Å². The second-order valence-corrected chi connectivity index (χ2v) is 3.33. The fraction of sp³-hybridized carbons (Fsp3) is 0.222. The van der Waals surface area contributed by atoms with Crippen molar-refractivity contribution in [2.24, 2.45) is 0 Å². The smallest absolute Gasteiger partial charge is 0.337 e. The molecule has 1 aromatic carbocycles. The van der Waals surface area contributed by atoms with E-state index in [2.05, 4.69) is 0 Å². The van der Waals surface area contributed by atoms with E-state index in [9.17, 15) is 14.9 Å². The highest BCUT2D eigenvalue weighted by Gasteiger charge is 2.10. The number of rotatable bonds is 4. The van der Waals surface area contributed by atoms with Gasteiger partial charge in [-0.25, -0.2) is 4.79 Å². The number of halogens is 1. The van der Waals surface area contributed by atoms with Crippen molar-refractivity contribution in [2.45, 2.75) is 6.42 Å². The highest BCUT2D eigenvalue weighted by atomic mass is 35.5. The molecule has 0 bridgehead atoms. The van der Waals surface area contributed by atoms with Crippen LogP contribution < -0.4 is 0 Å². The molecule has 1 rings (SSSR count). The van der Waals surface area contributed by atoms with Gasteiger partial charge in [-0.2, -0.15) is 0 Å². The molecule has 0 aliphatic heterocycles. The molecule has 0 unspecified atom stereocenters. The number of benzene rings is 1. The largest absolute Gasteiger partial charge is 0.478 e. The average Bonchev–Trinajstić information content (AvgIpc) is 2.16. The molecule has 1 N–H and O–H groups in total. The fourth-order valence-corrected chi connectivity index (χ4v) is 1.31. The molecule has 0 spiro atoms. The monoisotopic (exact) mass is 229 g/mol. The number of aromatic carboxylic acids is 1. The maximum atomic E-state index is 10.7. The first kappa shape index (κ1) is 11.5. The molecule has 0 aromatic heterocycles. The summed E-state index contributed by atoms with van der Waals surface area (Å²) in [6.07, 6.45) is 0.199. The van der Waals surface area contributed by atoms with E-state index in [1.807, 2.05) is 0 Å². The summed E-state index contributed by atoms with van der Waals surface area (Å²) in [4.78, 5) is 20.4. The van der Waals surface area contributed by atoms with Crippen molar-refractivity contribution >= 4 is 17.6 Å². The van der Waals surface area contributed by atoms with Gasteiger partial charge in [0.25, 0.3) is 0 Å². The van der Waals surface area contributed by atoms with E-state index >= 15 is 0 Å². The fourth-order valence-electron chi connectivity index (χ4n) is 1.11. The Kier molecular flexibility index (Phi) is 3.62. The zero-order chi connectivity index (χ0) is 11.4. The van der Waals surface area contributed by atoms with Gasteiger partial charge in [0.15, 0.2) is 0 Å². The summed E-state index contributed by atoms with van der Waals surface area (Å²) >= 11 is 5.64. The van der Waals surface area contributed by atoms with Crippen LogP contribution in [0.25, 0.3) is 0 Å². The van der Waals surface area contributed by atoms with E-state index in [0.29, 0.717) is 5.56 Å². The Hall–Kier alpha value is -1.62. The number of hydrogen-bond acceptors (Lipinski definition) is 3. The lowest BCUT2D eigenvalue weighted by molar-refractivity contribution is -0.479. The number of nitrogens with zero attached hydrogens (tertiary/aromatic N) is 1. The molecule has 6 heteroatoms. The van der Waals surface area contributed by atoms with Gasteiger partial charge in [0.1, 0.15) is 0 Å². The van der Waals surface area contributed by atoms with Gasteiger partial charge < -0.3 is 5.11 Å². The molecular weight excluding hydrogens is 222 g/mol. The zero-order valence-corrected chi connectivity index (χ0v) is 8.40. The molecule has 80 valence electrons. The first-order valence-corrected chi connectivity index (χ1v) is 4.52. The van der Waals surface area contributed by atoms with Crippen molar-refractivity contribution in [1.29, 1.82) is 0 Å². The van der Waals surface area contributed by atoms with Gasteiger partial charge in [-0.3, -0.25) is 10.1 Å². The van der Waals surface area contributed by atoms with Crippen molar-refractivity contribution in [2.75, 3.05) is 6.54 Å². The highest BCUT2D eigenvalue weighted by Crippen LogP contribution is 2.17. The first-order valence-electron chi connectivity index (χ1n) is 4.14. The summed E-state index contributed by atoms with van der Waals surface area (Å²) in [5.74, 6) is -1.14. The van der Waals surface area contributed by atoms with Crippen molar-refractivity contribution in [3.63, 3.8) is 0 Å². The van der Waals surface area contributed by atoms with Crippen LogP contribution in [-0.4, -0.2) is 22.5 Å². The van der Waals surface area contributed by atoms with Crippen molar-refractivity contribution in [3.05, 3.63) is 44.5 Å². The lowest BCUT2D eigenvalue weighted by Gasteiger charge is -2.01. The van der Waals surface area contributed by atoms with Crippen LogP contribution in [0.3, 0.4) is 0 Å². The lowest BCUT2D eigenvalue weighted by atomic mass is 10.1. The van der Waals surface area contributed by atoms with E-state index in [1.165, 1.54) is 12.1 Å². The minimum Gasteiger partial charge on any atom is -0.478 e. The highest BCUT2D eigenvalue weighted by molar-refractivity contribution is 6.33. The SMILES string of the molecule is O=C(O)c1cc(CC[N+](=O)[O-])ccc1Cl. The topological polar surface area (TPSA) is 80.4 Å². The Balaban J connectivity index is 2.87. The van der Waals surface area contributed by atoms with Crippen LogP contribution in [0.2, 0.25) is 5.02 Å². The van der Waals surface area contributed by atoms with Crippen LogP contribution in [0.4, 0.5) is 0 Å². The first-order chi connectivity index (χ1) is 7.00. The molecule has 0 saturated heterocycles. The van der Waals surface area contributed by atoms with Crippen molar-refractivity contribution < 1.29 is 14.8 Å². The summed E-state index contributed by atoms with van der Waals surface area (Å²) in [5.41, 5.74) is 0.561. The van der Waals surface area contributed by atoms with Crippen LogP contribution in [0.1, 0.15) is 15.9 Å². The molecule has 0 saturated carbocycles. The predicted molar refractivity (Wildman–Crippen MR) is 54.0 cm³/mol. The summed E-state index contributed by atoms with van der Waals surface area (Å²) in [6, 6.07) is 4.37. The molecule has 0 aliphatic rings. The quantitative estimate of drug-likeness (QED) is 0.631. The number of carboxylic acids is 1. The number of carboxylic acid groups (broad SMARTS) is 1. The van der Waals surface area contributed by atoms with E-state index in [4.69, 9.17) is 16.7 Å². The summed E-state index contributed by atoms with van der Waals surface area (Å²) in [5, 5.41) is 19.0. The third-order valence-electron chi connectivity index (χ3n) is 1.84. The minimum absolute atomic E-state index is 0.0301. The van der Waals surface area contributed by atoms with Crippen LogP contribution in [0, 0.1) is 10.1 Å². The number of hydrogen-bond donors (Lipinski definition) is 1. The average molecular weight is 230 g/mol. The van der Waals surface area contributed by atoms with Crippen LogP contribution >= 0.6 is 11.6 Å². The molecule has 5 nitrogen and oxygen atoms in total. The summed E-state index contributed by atoms with van der Waals surface area (Å²) in [7, 11) is 0. The van der Waals surface area contributed by atoms with E-state index in [0.717, 1.165) is 0 Å². The molecule has 1 aromatic rings. The van der Waals surface area contributed by atoms with Gasteiger partial charge in [0, 0.05) is 11.3 Å². The van der Waals surface area contributed by atoms with Crippen molar-refractivity contribution in [1.82, 2.24) is 0 Å². The Bertz CT molecular complexity index is 405. The number of nitro groups is 1. The summed E-state index contributed by atoms with van der Waals surface area (Å²) < 4.78 is 0. The normalized spacial score (nSPS) is 9.93. The van der Waals surface area contributed by atoms with Crippen LogP contribution in [0.5, 0.6) is 0 Å². The Morgan fingerprint density at radius 3 is 2.73 bits per heavy atom. The van der Waals surface area contributed by atoms with Gasteiger partial charge in [-0.1, -0.05) is 17.7 Å². The molecule has 0 aliphatic carbocycles. The molecule has 0 amide bonds. The lowest BCUT2D eigenvalue weighted by Crippen LogP contribution is -2.05. The van der Waals surface area contributed by atoms with E-state index in [-0.39, 0.29) is 23.6 Å². The van der Waals surface area contributed by atoms with Gasteiger partial charge in [0.05, 0.1) is 10.6 Å². The standard InChI is InChI=1S/C9H8ClNO4/c10-8-2-1-6(3-4-11(14)15)5-7(8)9(12)13/h1-2,5H,3-4H2,(H,12,13). The minimum atomic E-state index is -1.14. The van der Waals surface area contributed by atoms with Gasteiger partial charge in [-0.05, 0) is 17.7 Å². The predicted octanol–water partition coefficient (Wildman–Crippen LogP) is 1.86. The molecule has 15 heavy (non-hydrogen) atoms. The van der Waals surface area contributed by atoms with E-state index in [1.54, 1.807) is 6.07 Å². The second-order valence-electron chi connectivity index (χ2n) is 2.93. The molecule has 0 atom stereocenters.